The summed E-state index contributed by atoms with van der Waals surface area (Å²) in [4.78, 5) is 13.0. The number of hydrogen-bond acceptors (Lipinski definition) is 3. The highest BCUT2D eigenvalue weighted by Crippen LogP contribution is 2.08. The number of likely N-dealkylation sites (N-methyl/N-ethyl adjacent to an activating group) is 1. The first-order valence-electron chi connectivity index (χ1n) is 6.86. The number of carbonyl (C=O) groups is 1. The van der Waals surface area contributed by atoms with E-state index >= 15 is 0 Å². The van der Waals surface area contributed by atoms with Crippen molar-refractivity contribution in [1.82, 2.24) is 0 Å². The van der Waals surface area contributed by atoms with Crippen molar-refractivity contribution in [2.24, 2.45) is 0 Å². The molecule has 1 atom stereocenters. The van der Waals surface area contributed by atoms with E-state index in [1.165, 1.54) is 4.90 Å². The highest BCUT2D eigenvalue weighted by molar-refractivity contribution is 5.71. The first-order valence-corrected chi connectivity index (χ1v) is 6.86. The number of carbonyl (C=O) groups excluding carboxylic acids is 1. The Balaban J connectivity index is 2.27. The van der Waals surface area contributed by atoms with Crippen LogP contribution in [0.25, 0.3) is 0 Å². The molecule has 0 aliphatic carbocycles. The summed E-state index contributed by atoms with van der Waals surface area (Å²) in [7, 11) is 0. The van der Waals surface area contributed by atoms with Crippen LogP contribution in [-0.4, -0.2) is 38.3 Å². The van der Waals surface area contributed by atoms with Crippen molar-refractivity contribution in [2.75, 3.05) is 26.2 Å². The molecule has 0 saturated carbocycles. The third-order valence-electron chi connectivity index (χ3n) is 3.01. The van der Waals surface area contributed by atoms with Crippen LogP contribution in [0, 0.1) is 0 Å². The quantitative estimate of drug-likeness (QED) is 0.711. The lowest BCUT2D eigenvalue weighted by molar-refractivity contribution is -0.899. The number of hydrogen-bond donors (Lipinski definition) is 1. The molecule has 0 saturated heterocycles. The van der Waals surface area contributed by atoms with Crippen molar-refractivity contribution < 1.29 is 19.2 Å². The van der Waals surface area contributed by atoms with Gasteiger partial charge < -0.3 is 14.4 Å². The molecule has 1 aromatic carbocycles. The summed E-state index contributed by atoms with van der Waals surface area (Å²) >= 11 is 0. The number of ether oxygens (including phenoxy) is 2. The Morgan fingerprint density at radius 1 is 1.21 bits per heavy atom. The summed E-state index contributed by atoms with van der Waals surface area (Å²) in [5.41, 5.74) is 0. The smallest absolute Gasteiger partial charge is 0.344 e. The van der Waals surface area contributed by atoms with E-state index in [1.807, 2.05) is 37.3 Å². The Morgan fingerprint density at radius 3 is 2.42 bits per heavy atom. The average Bonchev–Trinajstić information content (AvgIpc) is 2.43. The molecule has 19 heavy (non-hydrogen) atoms. The molecule has 0 radical (unpaired) electrons. The van der Waals surface area contributed by atoms with Gasteiger partial charge in [-0.15, -0.1) is 0 Å². The Labute approximate surface area is 115 Å². The molecular formula is C15H24NO3+. The molecule has 4 nitrogen and oxygen atoms in total. The number of esters is 1. The molecule has 0 aromatic heterocycles. The fourth-order valence-electron chi connectivity index (χ4n) is 1.90. The minimum Gasteiger partial charge on any atom is -0.482 e. The zero-order chi connectivity index (χ0) is 14.1. The van der Waals surface area contributed by atoms with Crippen molar-refractivity contribution in [3.63, 3.8) is 0 Å². The number of quaternary nitrogens is 1. The fraction of sp³-hybridized carbons (Fsp3) is 0.533. The Kier molecular flexibility index (Phi) is 6.97. The van der Waals surface area contributed by atoms with Crippen molar-refractivity contribution in [2.45, 2.75) is 26.9 Å². The topological polar surface area (TPSA) is 40.0 Å². The lowest BCUT2D eigenvalue weighted by Gasteiger charge is -2.20. The number of para-hydroxylation sites is 1. The second kappa shape index (κ2) is 8.53. The maximum atomic E-state index is 11.6. The molecule has 0 aliphatic rings. The Bertz CT molecular complexity index is 363. The van der Waals surface area contributed by atoms with Gasteiger partial charge in [-0.1, -0.05) is 18.2 Å². The molecule has 1 rings (SSSR count). The normalized spacial score (nSPS) is 12.2. The van der Waals surface area contributed by atoms with Crippen molar-refractivity contribution in [3.05, 3.63) is 30.3 Å². The van der Waals surface area contributed by atoms with Gasteiger partial charge in [0.1, 0.15) is 18.4 Å². The van der Waals surface area contributed by atoms with Gasteiger partial charge in [0.2, 0.25) is 0 Å². The molecule has 0 heterocycles. The average molecular weight is 266 g/mol. The van der Waals surface area contributed by atoms with Crippen LogP contribution in [0.15, 0.2) is 30.3 Å². The van der Waals surface area contributed by atoms with Crippen LogP contribution in [0.4, 0.5) is 0 Å². The molecule has 1 unspecified atom stereocenters. The second-order valence-electron chi connectivity index (χ2n) is 4.56. The standard InChI is InChI=1S/C15H23NO3/c1-4-16(5-2)11-13(3)19-15(17)12-18-14-9-7-6-8-10-14/h6-10,13H,4-5,11-12H2,1-3H3/p+1. The van der Waals surface area contributed by atoms with Crippen LogP contribution in [0.1, 0.15) is 20.8 Å². The van der Waals surface area contributed by atoms with Gasteiger partial charge in [0.05, 0.1) is 13.1 Å². The molecule has 0 amide bonds. The van der Waals surface area contributed by atoms with E-state index in [0.29, 0.717) is 5.75 Å². The molecular weight excluding hydrogens is 242 g/mol. The van der Waals surface area contributed by atoms with E-state index in [9.17, 15) is 4.79 Å². The third kappa shape index (κ3) is 6.25. The lowest BCUT2D eigenvalue weighted by Crippen LogP contribution is -3.12. The van der Waals surface area contributed by atoms with E-state index in [4.69, 9.17) is 9.47 Å². The first-order chi connectivity index (χ1) is 9.15. The van der Waals surface area contributed by atoms with Crippen LogP contribution in [-0.2, 0) is 9.53 Å². The number of rotatable bonds is 8. The summed E-state index contributed by atoms with van der Waals surface area (Å²) < 4.78 is 10.7. The Hall–Kier alpha value is -1.55. The van der Waals surface area contributed by atoms with Gasteiger partial charge in [-0.25, -0.2) is 4.79 Å². The van der Waals surface area contributed by atoms with Crippen molar-refractivity contribution in [1.29, 1.82) is 0 Å². The molecule has 0 bridgehead atoms. The molecule has 1 N–H and O–H groups in total. The summed E-state index contributed by atoms with van der Waals surface area (Å²) in [6.07, 6.45) is -0.0817. The number of benzene rings is 1. The summed E-state index contributed by atoms with van der Waals surface area (Å²) in [5, 5.41) is 0. The predicted octanol–water partition coefficient (Wildman–Crippen LogP) is 0.922. The lowest BCUT2D eigenvalue weighted by atomic mass is 10.3. The fourth-order valence-corrected chi connectivity index (χ4v) is 1.90. The zero-order valence-corrected chi connectivity index (χ0v) is 12.0. The summed E-state index contributed by atoms with van der Waals surface area (Å²) in [6.45, 7) is 9.06. The first kappa shape index (κ1) is 15.5. The van der Waals surface area contributed by atoms with Gasteiger partial charge in [-0.2, -0.15) is 0 Å². The highest BCUT2D eigenvalue weighted by Gasteiger charge is 2.15. The van der Waals surface area contributed by atoms with Crippen molar-refractivity contribution >= 4 is 5.97 Å². The molecule has 1 aromatic rings. The number of nitrogens with one attached hydrogen (secondary N) is 1. The van der Waals surface area contributed by atoms with Gasteiger partial charge in [0.15, 0.2) is 6.61 Å². The maximum Gasteiger partial charge on any atom is 0.344 e. The van der Waals surface area contributed by atoms with E-state index in [2.05, 4.69) is 13.8 Å². The predicted molar refractivity (Wildman–Crippen MR) is 74.4 cm³/mol. The molecule has 106 valence electrons. The molecule has 4 heteroatoms. The van der Waals surface area contributed by atoms with Crippen LogP contribution >= 0.6 is 0 Å². The van der Waals surface area contributed by atoms with Gasteiger partial charge in [0.25, 0.3) is 0 Å². The van der Waals surface area contributed by atoms with Gasteiger partial charge in [0, 0.05) is 0 Å². The van der Waals surface area contributed by atoms with Gasteiger partial charge in [-0.05, 0) is 32.9 Å². The van der Waals surface area contributed by atoms with Gasteiger partial charge >= 0.3 is 5.97 Å². The van der Waals surface area contributed by atoms with Crippen LogP contribution in [0.2, 0.25) is 0 Å². The van der Waals surface area contributed by atoms with E-state index in [-0.39, 0.29) is 18.7 Å². The second-order valence-corrected chi connectivity index (χ2v) is 4.56. The maximum absolute atomic E-state index is 11.6. The van der Waals surface area contributed by atoms with E-state index in [0.717, 1.165) is 19.6 Å². The summed E-state index contributed by atoms with van der Waals surface area (Å²) in [6, 6.07) is 9.27. The minimum atomic E-state index is -0.317. The largest absolute Gasteiger partial charge is 0.482 e. The van der Waals surface area contributed by atoms with Gasteiger partial charge in [-0.3, -0.25) is 0 Å². The monoisotopic (exact) mass is 266 g/mol. The van der Waals surface area contributed by atoms with Crippen LogP contribution < -0.4 is 9.64 Å². The van der Waals surface area contributed by atoms with Crippen LogP contribution in [0.3, 0.4) is 0 Å². The molecule has 0 fully saturated rings. The Morgan fingerprint density at radius 2 is 1.84 bits per heavy atom. The highest BCUT2D eigenvalue weighted by atomic mass is 16.6. The van der Waals surface area contributed by atoms with E-state index < -0.39 is 0 Å². The van der Waals surface area contributed by atoms with E-state index in [1.54, 1.807) is 0 Å². The molecule has 0 aliphatic heterocycles. The van der Waals surface area contributed by atoms with Crippen molar-refractivity contribution in [3.8, 4) is 5.75 Å². The summed E-state index contributed by atoms with van der Waals surface area (Å²) in [5.74, 6) is 0.365. The third-order valence-corrected chi connectivity index (χ3v) is 3.01. The SMILES string of the molecule is CC[NH+](CC)CC(C)OC(=O)COc1ccccc1. The van der Waals surface area contributed by atoms with Crippen LogP contribution in [0.5, 0.6) is 5.75 Å². The minimum absolute atomic E-state index is 0.0397. The zero-order valence-electron chi connectivity index (χ0n) is 12.0. The molecule has 0 spiro atoms.